The Morgan fingerprint density at radius 3 is 2.86 bits per heavy atom. The van der Waals surface area contributed by atoms with Gasteiger partial charge in [-0.05, 0) is 48.9 Å². The third-order valence-corrected chi connectivity index (χ3v) is 4.68. The van der Waals surface area contributed by atoms with Gasteiger partial charge < -0.3 is 4.57 Å². The summed E-state index contributed by atoms with van der Waals surface area (Å²) in [5, 5.41) is 1.36. The molecule has 0 bridgehead atoms. The van der Waals surface area contributed by atoms with Crippen LogP contribution in [0.3, 0.4) is 0 Å². The smallest absolute Gasteiger partial charge is 0.145 e. The van der Waals surface area contributed by atoms with Crippen molar-refractivity contribution in [3.8, 4) is 0 Å². The fourth-order valence-corrected chi connectivity index (χ4v) is 3.31. The van der Waals surface area contributed by atoms with Gasteiger partial charge in [-0.1, -0.05) is 23.7 Å². The number of benzene rings is 1. The van der Waals surface area contributed by atoms with Crippen molar-refractivity contribution in [3.05, 3.63) is 58.9 Å². The Morgan fingerprint density at radius 2 is 2.14 bits per heavy atom. The van der Waals surface area contributed by atoms with Gasteiger partial charge in [-0.15, -0.1) is 0 Å². The highest BCUT2D eigenvalue weighted by molar-refractivity contribution is 6.34. The van der Waals surface area contributed by atoms with Gasteiger partial charge >= 0.3 is 0 Å². The summed E-state index contributed by atoms with van der Waals surface area (Å²) in [7, 11) is 0. The molecule has 1 saturated carbocycles. The van der Waals surface area contributed by atoms with Crippen LogP contribution in [-0.2, 0) is 6.42 Å². The van der Waals surface area contributed by atoms with E-state index in [1.807, 2.05) is 6.07 Å². The maximum atomic E-state index is 13.4. The fraction of sp³-hybridized carbons (Fsp3) is 0.294. The molecule has 2 heterocycles. The minimum Gasteiger partial charge on any atom is -0.329 e. The van der Waals surface area contributed by atoms with Crippen LogP contribution in [0.25, 0.3) is 11.0 Å². The monoisotopic (exact) mass is 315 g/mol. The molecular formula is C17H15ClFN3. The molecule has 1 aliphatic carbocycles. The molecule has 0 aliphatic heterocycles. The van der Waals surface area contributed by atoms with Gasteiger partial charge in [0.05, 0.1) is 5.39 Å². The quantitative estimate of drug-likeness (QED) is 0.664. The Balaban J connectivity index is 1.82. The first-order valence-corrected chi connectivity index (χ1v) is 7.84. The summed E-state index contributed by atoms with van der Waals surface area (Å²) in [4.78, 5) is 8.53. The van der Waals surface area contributed by atoms with Crippen LogP contribution in [0, 0.1) is 5.82 Å². The van der Waals surface area contributed by atoms with Crippen molar-refractivity contribution in [2.24, 2.45) is 0 Å². The summed E-state index contributed by atoms with van der Waals surface area (Å²) in [5.41, 5.74) is 2.86. The molecule has 0 amide bonds. The average Bonchev–Trinajstić information content (AvgIpc) is 2.77. The third-order valence-electron chi connectivity index (χ3n) is 4.39. The largest absolute Gasteiger partial charge is 0.329 e. The van der Waals surface area contributed by atoms with E-state index >= 15 is 0 Å². The molecule has 0 spiro atoms. The van der Waals surface area contributed by atoms with E-state index in [1.165, 1.54) is 31.7 Å². The molecule has 5 heteroatoms. The van der Waals surface area contributed by atoms with E-state index in [4.69, 9.17) is 11.6 Å². The van der Waals surface area contributed by atoms with E-state index in [9.17, 15) is 4.39 Å². The van der Waals surface area contributed by atoms with E-state index in [2.05, 4.69) is 20.7 Å². The number of hydrogen-bond donors (Lipinski definition) is 0. The lowest BCUT2D eigenvalue weighted by molar-refractivity contribution is 0.320. The minimum atomic E-state index is -0.220. The SMILES string of the molecule is Fc1cccc(Cc2cn(C3CCC3)c3ncnc(Cl)c23)c1. The maximum Gasteiger partial charge on any atom is 0.145 e. The lowest BCUT2D eigenvalue weighted by Gasteiger charge is -2.27. The second-order valence-electron chi connectivity index (χ2n) is 5.82. The summed E-state index contributed by atoms with van der Waals surface area (Å²) >= 11 is 6.30. The highest BCUT2D eigenvalue weighted by Gasteiger charge is 2.24. The number of aromatic nitrogens is 3. The summed E-state index contributed by atoms with van der Waals surface area (Å²) < 4.78 is 15.6. The zero-order chi connectivity index (χ0) is 15.1. The topological polar surface area (TPSA) is 30.7 Å². The third kappa shape index (κ3) is 2.28. The molecule has 0 saturated heterocycles. The van der Waals surface area contributed by atoms with Gasteiger partial charge in [-0.3, -0.25) is 0 Å². The Morgan fingerprint density at radius 1 is 1.27 bits per heavy atom. The highest BCUT2D eigenvalue weighted by atomic mass is 35.5. The van der Waals surface area contributed by atoms with Crippen LogP contribution in [0.15, 0.2) is 36.8 Å². The first-order valence-electron chi connectivity index (χ1n) is 7.47. The predicted molar refractivity (Wildman–Crippen MR) is 84.6 cm³/mol. The Kier molecular flexibility index (Phi) is 3.34. The van der Waals surface area contributed by atoms with Gasteiger partial charge in [-0.2, -0.15) is 0 Å². The molecule has 1 aromatic carbocycles. The summed E-state index contributed by atoms with van der Waals surface area (Å²) in [6.45, 7) is 0. The van der Waals surface area contributed by atoms with Gasteiger partial charge in [-0.25, -0.2) is 14.4 Å². The molecule has 0 N–H and O–H groups in total. The Bertz CT molecular complexity index is 839. The van der Waals surface area contributed by atoms with Crippen LogP contribution in [0.2, 0.25) is 5.15 Å². The number of hydrogen-bond acceptors (Lipinski definition) is 2. The van der Waals surface area contributed by atoms with Crippen LogP contribution in [-0.4, -0.2) is 14.5 Å². The second kappa shape index (κ2) is 5.36. The maximum absolute atomic E-state index is 13.4. The van der Waals surface area contributed by atoms with Crippen molar-refractivity contribution >= 4 is 22.6 Å². The lowest BCUT2D eigenvalue weighted by atomic mass is 9.93. The molecule has 1 fully saturated rings. The lowest BCUT2D eigenvalue weighted by Crippen LogP contribution is -2.16. The summed E-state index contributed by atoms with van der Waals surface area (Å²) in [5.74, 6) is -0.220. The Hall–Kier alpha value is -1.94. The van der Waals surface area contributed by atoms with Crippen LogP contribution in [0.4, 0.5) is 4.39 Å². The van der Waals surface area contributed by atoms with Crippen LogP contribution >= 0.6 is 11.6 Å². The number of nitrogens with zero attached hydrogens (tertiary/aromatic N) is 3. The predicted octanol–water partition coefficient (Wildman–Crippen LogP) is 4.54. The van der Waals surface area contributed by atoms with Gasteiger partial charge in [0.1, 0.15) is 22.9 Å². The van der Waals surface area contributed by atoms with Gasteiger partial charge in [0.25, 0.3) is 0 Å². The van der Waals surface area contributed by atoms with Crippen molar-refractivity contribution in [1.29, 1.82) is 0 Å². The molecule has 112 valence electrons. The second-order valence-corrected chi connectivity index (χ2v) is 6.17. The molecule has 22 heavy (non-hydrogen) atoms. The highest BCUT2D eigenvalue weighted by Crippen LogP contribution is 2.37. The van der Waals surface area contributed by atoms with Crippen LogP contribution < -0.4 is 0 Å². The summed E-state index contributed by atoms with van der Waals surface area (Å²) in [6.07, 6.45) is 7.84. The zero-order valence-electron chi connectivity index (χ0n) is 12.0. The number of halogens is 2. The number of rotatable bonds is 3. The first-order chi connectivity index (χ1) is 10.7. The van der Waals surface area contributed by atoms with Crippen molar-refractivity contribution in [2.45, 2.75) is 31.7 Å². The molecule has 1 aliphatic rings. The van der Waals surface area contributed by atoms with E-state index < -0.39 is 0 Å². The summed E-state index contributed by atoms with van der Waals surface area (Å²) in [6, 6.07) is 7.16. The fourth-order valence-electron chi connectivity index (χ4n) is 3.07. The number of fused-ring (bicyclic) bond motifs is 1. The Labute approximate surface area is 132 Å². The standard InChI is InChI=1S/C17H15ClFN3/c18-16-15-12(7-11-3-1-4-13(19)8-11)9-22(14-5-2-6-14)17(15)21-10-20-16/h1,3-4,8-10,14H,2,5-7H2. The molecule has 0 unspecified atom stereocenters. The average molecular weight is 316 g/mol. The van der Waals surface area contributed by atoms with E-state index in [-0.39, 0.29) is 5.82 Å². The van der Waals surface area contributed by atoms with Gasteiger partial charge in [0.15, 0.2) is 0 Å². The molecule has 4 rings (SSSR count). The van der Waals surface area contributed by atoms with E-state index in [0.29, 0.717) is 17.6 Å². The van der Waals surface area contributed by atoms with Crippen LogP contribution in [0.5, 0.6) is 0 Å². The zero-order valence-corrected chi connectivity index (χ0v) is 12.7. The van der Waals surface area contributed by atoms with Crippen molar-refractivity contribution in [2.75, 3.05) is 0 Å². The van der Waals surface area contributed by atoms with Crippen molar-refractivity contribution < 1.29 is 4.39 Å². The molecule has 3 nitrogen and oxygen atoms in total. The van der Waals surface area contributed by atoms with E-state index in [0.717, 1.165) is 22.2 Å². The molecule has 2 aromatic heterocycles. The first kappa shape index (κ1) is 13.7. The molecular weight excluding hydrogens is 301 g/mol. The van der Waals surface area contributed by atoms with Gasteiger partial charge in [0, 0.05) is 12.2 Å². The molecule has 0 atom stereocenters. The van der Waals surface area contributed by atoms with E-state index in [1.54, 1.807) is 12.1 Å². The molecule has 3 aromatic rings. The van der Waals surface area contributed by atoms with Crippen molar-refractivity contribution in [3.63, 3.8) is 0 Å². The van der Waals surface area contributed by atoms with Crippen molar-refractivity contribution in [1.82, 2.24) is 14.5 Å². The normalized spacial score (nSPS) is 15.2. The van der Waals surface area contributed by atoms with Crippen LogP contribution in [0.1, 0.15) is 36.4 Å². The minimum absolute atomic E-state index is 0.220. The molecule has 0 radical (unpaired) electrons. The van der Waals surface area contributed by atoms with Gasteiger partial charge in [0.2, 0.25) is 0 Å².